The van der Waals surface area contributed by atoms with E-state index in [2.05, 4.69) is 20.6 Å². The van der Waals surface area contributed by atoms with Crippen molar-refractivity contribution < 1.29 is 9.53 Å². The second-order valence-corrected chi connectivity index (χ2v) is 6.33. The molecular formula is C21H20N4O2. The fraction of sp³-hybridized carbons (Fsp3) is 0.190. The molecule has 0 spiro atoms. The molecule has 3 aromatic rings. The fourth-order valence-electron chi connectivity index (χ4n) is 3.24. The molecule has 1 aliphatic heterocycles. The number of carbonyl (C=O) groups is 1. The van der Waals surface area contributed by atoms with Crippen LogP contribution in [0.5, 0.6) is 5.75 Å². The molecule has 0 saturated carbocycles. The number of nitrogens with zero attached hydrogens (tertiary/aromatic N) is 2. The number of benzene rings is 2. The molecule has 1 aliphatic rings. The summed E-state index contributed by atoms with van der Waals surface area (Å²) in [5.74, 6) is 1.37. The van der Waals surface area contributed by atoms with Gasteiger partial charge in [0.25, 0.3) is 0 Å². The SMILES string of the molecule is COc1ccccc1CCNc1ncc2c(n1)-c1ccccc1NC(=O)C2. The van der Waals surface area contributed by atoms with Gasteiger partial charge in [-0.1, -0.05) is 36.4 Å². The maximum atomic E-state index is 12.1. The van der Waals surface area contributed by atoms with Crippen molar-refractivity contribution in [2.24, 2.45) is 0 Å². The van der Waals surface area contributed by atoms with Gasteiger partial charge in [-0.3, -0.25) is 4.79 Å². The maximum Gasteiger partial charge on any atom is 0.228 e. The van der Waals surface area contributed by atoms with Crippen LogP contribution >= 0.6 is 0 Å². The first-order valence-electron chi connectivity index (χ1n) is 8.85. The van der Waals surface area contributed by atoms with Crippen LogP contribution in [0.4, 0.5) is 11.6 Å². The largest absolute Gasteiger partial charge is 0.496 e. The van der Waals surface area contributed by atoms with Gasteiger partial charge >= 0.3 is 0 Å². The second-order valence-electron chi connectivity index (χ2n) is 6.33. The smallest absolute Gasteiger partial charge is 0.228 e. The summed E-state index contributed by atoms with van der Waals surface area (Å²) < 4.78 is 5.39. The van der Waals surface area contributed by atoms with Gasteiger partial charge in [-0.25, -0.2) is 9.97 Å². The van der Waals surface area contributed by atoms with E-state index in [4.69, 9.17) is 4.74 Å². The van der Waals surface area contributed by atoms with Crippen molar-refractivity contribution in [2.45, 2.75) is 12.8 Å². The number of para-hydroxylation sites is 2. The first-order valence-corrected chi connectivity index (χ1v) is 8.85. The zero-order valence-electron chi connectivity index (χ0n) is 15.0. The van der Waals surface area contributed by atoms with E-state index in [0.29, 0.717) is 12.5 Å². The van der Waals surface area contributed by atoms with Gasteiger partial charge in [-0.05, 0) is 24.1 Å². The first-order chi connectivity index (χ1) is 13.2. The minimum absolute atomic E-state index is 0.0540. The van der Waals surface area contributed by atoms with Crippen molar-refractivity contribution in [3.05, 3.63) is 65.9 Å². The summed E-state index contributed by atoms with van der Waals surface area (Å²) in [4.78, 5) is 21.1. The van der Waals surface area contributed by atoms with E-state index in [1.54, 1.807) is 13.3 Å². The van der Waals surface area contributed by atoms with Gasteiger partial charge < -0.3 is 15.4 Å². The molecule has 2 N–H and O–H groups in total. The molecule has 0 atom stereocenters. The number of hydrogen-bond acceptors (Lipinski definition) is 5. The number of nitrogens with one attached hydrogen (secondary N) is 2. The number of anilines is 2. The lowest BCUT2D eigenvalue weighted by Crippen LogP contribution is -2.13. The summed E-state index contributed by atoms with van der Waals surface area (Å²) in [5.41, 5.74) is 4.43. The Labute approximate surface area is 157 Å². The van der Waals surface area contributed by atoms with Gasteiger partial charge in [-0.2, -0.15) is 0 Å². The molecule has 6 heteroatoms. The molecule has 2 aromatic carbocycles. The highest BCUT2D eigenvalue weighted by Crippen LogP contribution is 2.32. The van der Waals surface area contributed by atoms with E-state index in [1.807, 2.05) is 48.5 Å². The van der Waals surface area contributed by atoms with Crippen LogP contribution < -0.4 is 15.4 Å². The predicted octanol–water partition coefficient (Wildman–Crippen LogP) is 3.30. The average Bonchev–Trinajstić information content (AvgIpc) is 2.83. The molecule has 0 radical (unpaired) electrons. The molecule has 27 heavy (non-hydrogen) atoms. The lowest BCUT2D eigenvalue weighted by Gasteiger charge is -2.11. The Morgan fingerprint density at radius 3 is 2.85 bits per heavy atom. The van der Waals surface area contributed by atoms with E-state index in [-0.39, 0.29) is 12.3 Å². The third-order valence-electron chi connectivity index (χ3n) is 4.54. The Morgan fingerprint density at radius 2 is 1.96 bits per heavy atom. The average molecular weight is 360 g/mol. The van der Waals surface area contributed by atoms with Gasteiger partial charge in [0.15, 0.2) is 0 Å². The highest BCUT2D eigenvalue weighted by atomic mass is 16.5. The van der Waals surface area contributed by atoms with Gasteiger partial charge in [-0.15, -0.1) is 0 Å². The normalized spacial score (nSPS) is 12.4. The van der Waals surface area contributed by atoms with E-state index >= 15 is 0 Å². The van der Waals surface area contributed by atoms with Crippen LogP contribution in [0, 0.1) is 0 Å². The molecular weight excluding hydrogens is 340 g/mol. The van der Waals surface area contributed by atoms with Crippen LogP contribution in [0.3, 0.4) is 0 Å². The molecule has 0 bridgehead atoms. The summed E-state index contributed by atoms with van der Waals surface area (Å²) in [6.45, 7) is 0.679. The summed E-state index contributed by atoms with van der Waals surface area (Å²) in [6.07, 6.45) is 2.79. The Hall–Kier alpha value is -3.41. The third kappa shape index (κ3) is 3.60. The zero-order valence-corrected chi connectivity index (χ0v) is 15.0. The first kappa shape index (κ1) is 17.0. The van der Waals surface area contributed by atoms with E-state index in [0.717, 1.165) is 40.2 Å². The fourth-order valence-corrected chi connectivity index (χ4v) is 3.24. The van der Waals surface area contributed by atoms with Crippen LogP contribution in [0.2, 0.25) is 0 Å². The lowest BCUT2D eigenvalue weighted by molar-refractivity contribution is -0.115. The van der Waals surface area contributed by atoms with E-state index in [9.17, 15) is 4.79 Å². The van der Waals surface area contributed by atoms with Gasteiger partial charge in [0.2, 0.25) is 11.9 Å². The summed E-state index contributed by atoms with van der Waals surface area (Å²) >= 11 is 0. The zero-order chi connectivity index (χ0) is 18.6. The number of carbonyl (C=O) groups excluding carboxylic acids is 1. The molecule has 0 fully saturated rings. The summed E-state index contributed by atoms with van der Waals surface area (Å²) in [7, 11) is 1.68. The second kappa shape index (κ2) is 7.45. The monoisotopic (exact) mass is 360 g/mol. The highest BCUT2D eigenvalue weighted by molar-refractivity contribution is 5.99. The Balaban J connectivity index is 1.55. The molecule has 0 saturated heterocycles. The number of rotatable bonds is 5. The number of amides is 1. The quantitative estimate of drug-likeness (QED) is 0.730. The third-order valence-corrected chi connectivity index (χ3v) is 4.54. The van der Waals surface area contributed by atoms with Gasteiger partial charge in [0, 0.05) is 23.9 Å². The van der Waals surface area contributed by atoms with Crippen LogP contribution in [-0.4, -0.2) is 29.5 Å². The minimum atomic E-state index is -0.0540. The molecule has 0 unspecified atom stereocenters. The van der Waals surface area contributed by atoms with Crippen molar-refractivity contribution in [1.82, 2.24) is 9.97 Å². The predicted molar refractivity (Wildman–Crippen MR) is 105 cm³/mol. The van der Waals surface area contributed by atoms with Crippen molar-refractivity contribution in [3.63, 3.8) is 0 Å². The topological polar surface area (TPSA) is 76.1 Å². The summed E-state index contributed by atoms with van der Waals surface area (Å²) in [5, 5.41) is 6.20. The standard InChI is InChI=1S/C21H20N4O2/c1-27-18-9-5-2-6-14(18)10-11-22-21-23-13-15-12-19(26)24-17-8-4-3-7-16(17)20(15)25-21/h2-9,13H,10-12H2,1H3,(H,24,26)(H,22,23,25). The number of ether oxygens (including phenoxy) is 1. The molecule has 1 aromatic heterocycles. The number of hydrogen-bond donors (Lipinski definition) is 2. The number of methoxy groups -OCH3 is 1. The van der Waals surface area contributed by atoms with Crippen LogP contribution in [0.15, 0.2) is 54.7 Å². The Bertz CT molecular complexity index is 987. The highest BCUT2D eigenvalue weighted by Gasteiger charge is 2.20. The minimum Gasteiger partial charge on any atom is -0.496 e. The summed E-state index contributed by atoms with van der Waals surface area (Å²) in [6, 6.07) is 15.6. The van der Waals surface area contributed by atoms with Crippen molar-refractivity contribution in [1.29, 1.82) is 0 Å². The maximum absolute atomic E-state index is 12.1. The lowest BCUT2D eigenvalue weighted by atomic mass is 10.1. The van der Waals surface area contributed by atoms with Crippen LogP contribution in [0.1, 0.15) is 11.1 Å². The molecule has 0 aliphatic carbocycles. The van der Waals surface area contributed by atoms with Gasteiger partial charge in [0.1, 0.15) is 5.75 Å². The Morgan fingerprint density at radius 1 is 1.15 bits per heavy atom. The molecule has 136 valence electrons. The number of aromatic nitrogens is 2. The van der Waals surface area contributed by atoms with E-state index in [1.165, 1.54) is 0 Å². The van der Waals surface area contributed by atoms with Crippen molar-refractivity contribution in [2.75, 3.05) is 24.3 Å². The Kier molecular flexibility index (Phi) is 4.70. The molecule has 2 heterocycles. The molecule has 6 nitrogen and oxygen atoms in total. The molecule has 1 amide bonds. The van der Waals surface area contributed by atoms with E-state index < -0.39 is 0 Å². The van der Waals surface area contributed by atoms with Crippen molar-refractivity contribution in [3.8, 4) is 17.0 Å². The van der Waals surface area contributed by atoms with Crippen LogP contribution in [-0.2, 0) is 17.6 Å². The van der Waals surface area contributed by atoms with Crippen LogP contribution in [0.25, 0.3) is 11.3 Å². The van der Waals surface area contributed by atoms with Crippen molar-refractivity contribution >= 4 is 17.5 Å². The molecule has 4 rings (SSSR count). The van der Waals surface area contributed by atoms with Gasteiger partial charge in [0.05, 0.1) is 24.9 Å². The number of fused-ring (bicyclic) bond motifs is 3.